The number of phenols is 3. The van der Waals surface area contributed by atoms with Crippen molar-refractivity contribution < 1.29 is 24.9 Å². The van der Waals surface area contributed by atoms with Crippen LogP contribution in [0.5, 0.6) is 17.2 Å². The van der Waals surface area contributed by atoms with Crippen molar-refractivity contribution in [1.82, 2.24) is 0 Å². The smallest absolute Gasteiger partial charge is 0.330 e. The Kier molecular flexibility index (Phi) is 3.77. The van der Waals surface area contributed by atoms with E-state index in [0.29, 0.717) is 12.0 Å². The van der Waals surface area contributed by atoms with Gasteiger partial charge in [0.2, 0.25) is 0 Å². The van der Waals surface area contributed by atoms with E-state index < -0.39 is 23.2 Å². The first-order valence-corrected chi connectivity index (χ1v) is 4.57. The van der Waals surface area contributed by atoms with Crippen molar-refractivity contribution in [2.24, 2.45) is 0 Å². The van der Waals surface area contributed by atoms with Gasteiger partial charge in [-0.3, -0.25) is 0 Å². The van der Waals surface area contributed by atoms with E-state index in [1.165, 1.54) is 12.1 Å². The van der Waals surface area contributed by atoms with Gasteiger partial charge >= 0.3 is 5.97 Å². The van der Waals surface area contributed by atoms with Crippen molar-refractivity contribution in [2.45, 2.75) is 6.42 Å². The highest BCUT2D eigenvalue weighted by Gasteiger charge is 2.08. The molecule has 3 N–H and O–H groups in total. The topological polar surface area (TPSA) is 87.0 Å². The minimum atomic E-state index is -0.563. The van der Waals surface area contributed by atoms with Crippen LogP contribution in [-0.2, 0) is 16.0 Å². The van der Waals surface area contributed by atoms with E-state index in [-0.39, 0.29) is 6.61 Å². The van der Waals surface area contributed by atoms with E-state index in [9.17, 15) is 15.0 Å². The second kappa shape index (κ2) is 5.06. The number of hydrogen-bond acceptors (Lipinski definition) is 5. The molecule has 0 aliphatic heterocycles. The lowest BCUT2D eigenvalue weighted by Crippen LogP contribution is -2.04. The maximum atomic E-state index is 10.7. The van der Waals surface area contributed by atoms with Crippen LogP contribution in [0.2, 0.25) is 0 Å². The van der Waals surface area contributed by atoms with Crippen LogP contribution in [0.3, 0.4) is 0 Å². The summed E-state index contributed by atoms with van der Waals surface area (Å²) in [6.07, 6.45) is 1.37. The van der Waals surface area contributed by atoms with Gasteiger partial charge in [-0.1, -0.05) is 6.58 Å². The number of hydrogen-bond donors (Lipinski definition) is 3. The largest absolute Gasteiger partial charge is 0.504 e. The zero-order valence-electron chi connectivity index (χ0n) is 8.51. The van der Waals surface area contributed by atoms with Gasteiger partial charge in [0, 0.05) is 12.5 Å². The number of phenolic OH excluding ortho intramolecular Hbond substituents is 3. The summed E-state index contributed by atoms with van der Waals surface area (Å²) < 4.78 is 4.72. The summed E-state index contributed by atoms with van der Waals surface area (Å²) in [4.78, 5) is 10.7. The molecule has 0 aromatic heterocycles. The molecule has 0 atom stereocenters. The number of rotatable bonds is 4. The average Bonchev–Trinajstić information content (AvgIpc) is 2.25. The molecule has 1 aromatic rings. The number of esters is 1. The molecular weight excluding hydrogens is 212 g/mol. The molecule has 1 rings (SSSR count). The van der Waals surface area contributed by atoms with Gasteiger partial charge in [-0.25, -0.2) is 4.79 Å². The quantitative estimate of drug-likeness (QED) is 0.404. The second-order valence-electron chi connectivity index (χ2n) is 3.10. The Labute approximate surface area is 92.2 Å². The fourth-order valence-electron chi connectivity index (χ4n) is 1.13. The molecule has 0 heterocycles. The molecule has 0 unspecified atom stereocenters. The van der Waals surface area contributed by atoms with E-state index in [1.807, 2.05) is 0 Å². The zero-order chi connectivity index (χ0) is 12.1. The maximum Gasteiger partial charge on any atom is 0.330 e. The standard InChI is InChI=1S/C11H12O5/c1-2-10(14)16-4-3-7-5-8(12)11(15)9(13)6-7/h2,5-6,12-13,15H,1,3-4H2. The predicted octanol–water partition coefficient (Wildman–Crippen LogP) is 1.08. The highest BCUT2D eigenvalue weighted by molar-refractivity contribution is 5.81. The number of ether oxygens (including phenoxy) is 1. The van der Waals surface area contributed by atoms with E-state index in [4.69, 9.17) is 9.84 Å². The van der Waals surface area contributed by atoms with Gasteiger partial charge in [-0.05, 0) is 17.7 Å². The Morgan fingerprint density at radius 2 is 1.88 bits per heavy atom. The first-order chi connectivity index (χ1) is 7.54. The molecule has 86 valence electrons. The Balaban J connectivity index is 2.61. The summed E-state index contributed by atoms with van der Waals surface area (Å²) in [6.45, 7) is 3.34. The van der Waals surface area contributed by atoms with Gasteiger partial charge in [-0.2, -0.15) is 0 Å². The molecule has 5 heteroatoms. The lowest BCUT2D eigenvalue weighted by molar-refractivity contribution is -0.137. The SMILES string of the molecule is C=CC(=O)OCCc1cc(O)c(O)c(O)c1. The fraction of sp³-hybridized carbons (Fsp3) is 0.182. The van der Waals surface area contributed by atoms with Crippen molar-refractivity contribution in [3.8, 4) is 17.2 Å². The fourth-order valence-corrected chi connectivity index (χ4v) is 1.13. The lowest BCUT2D eigenvalue weighted by atomic mass is 10.1. The molecule has 0 spiro atoms. The minimum absolute atomic E-state index is 0.106. The van der Waals surface area contributed by atoms with Gasteiger partial charge in [0.1, 0.15) is 0 Å². The summed E-state index contributed by atoms with van der Waals surface area (Å²) in [7, 11) is 0. The van der Waals surface area contributed by atoms with Crippen molar-refractivity contribution in [3.05, 3.63) is 30.4 Å². The highest BCUT2D eigenvalue weighted by Crippen LogP contribution is 2.35. The van der Waals surface area contributed by atoms with Gasteiger partial charge in [0.05, 0.1) is 6.61 Å². The number of carbonyl (C=O) groups is 1. The van der Waals surface area contributed by atoms with Crippen LogP contribution in [0.1, 0.15) is 5.56 Å². The Hall–Kier alpha value is -2.17. The molecule has 0 bridgehead atoms. The first-order valence-electron chi connectivity index (χ1n) is 4.57. The third kappa shape index (κ3) is 2.91. The Morgan fingerprint density at radius 1 is 1.31 bits per heavy atom. The van der Waals surface area contributed by atoms with E-state index in [0.717, 1.165) is 6.08 Å². The van der Waals surface area contributed by atoms with Crippen LogP contribution in [0, 0.1) is 0 Å². The molecule has 16 heavy (non-hydrogen) atoms. The first kappa shape index (κ1) is 11.9. The molecule has 0 radical (unpaired) electrons. The predicted molar refractivity (Wildman–Crippen MR) is 56.3 cm³/mol. The van der Waals surface area contributed by atoms with Crippen LogP contribution in [0.25, 0.3) is 0 Å². The van der Waals surface area contributed by atoms with Crippen LogP contribution >= 0.6 is 0 Å². The van der Waals surface area contributed by atoms with Crippen molar-refractivity contribution in [3.63, 3.8) is 0 Å². The molecule has 0 aliphatic carbocycles. The van der Waals surface area contributed by atoms with Gasteiger partial charge in [0.15, 0.2) is 17.2 Å². The van der Waals surface area contributed by atoms with Crippen LogP contribution in [-0.4, -0.2) is 27.9 Å². The lowest BCUT2D eigenvalue weighted by Gasteiger charge is -2.06. The number of carbonyl (C=O) groups excluding carboxylic acids is 1. The summed E-state index contributed by atoms with van der Waals surface area (Å²) in [5, 5.41) is 27.5. The minimum Gasteiger partial charge on any atom is -0.504 e. The molecule has 0 saturated heterocycles. The summed E-state index contributed by atoms with van der Waals surface area (Å²) in [5.74, 6) is -1.92. The molecule has 1 aromatic carbocycles. The summed E-state index contributed by atoms with van der Waals surface area (Å²) in [5.41, 5.74) is 0.546. The monoisotopic (exact) mass is 224 g/mol. The van der Waals surface area contributed by atoms with E-state index in [2.05, 4.69) is 6.58 Å². The highest BCUT2D eigenvalue weighted by atomic mass is 16.5. The van der Waals surface area contributed by atoms with E-state index >= 15 is 0 Å². The van der Waals surface area contributed by atoms with Gasteiger partial charge < -0.3 is 20.1 Å². The zero-order valence-corrected chi connectivity index (χ0v) is 8.51. The summed E-state index contributed by atoms with van der Waals surface area (Å²) in [6, 6.07) is 2.58. The molecule has 0 amide bonds. The van der Waals surface area contributed by atoms with Crippen LogP contribution in [0.15, 0.2) is 24.8 Å². The van der Waals surface area contributed by atoms with Gasteiger partial charge in [0.25, 0.3) is 0 Å². The molecular formula is C11H12O5. The number of aromatic hydroxyl groups is 3. The van der Waals surface area contributed by atoms with Crippen molar-refractivity contribution in [1.29, 1.82) is 0 Å². The third-order valence-electron chi connectivity index (χ3n) is 1.93. The number of benzene rings is 1. The normalized spacial score (nSPS) is 9.75. The molecule has 0 aliphatic rings. The maximum absolute atomic E-state index is 10.7. The van der Waals surface area contributed by atoms with E-state index in [1.54, 1.807) is 0 Å². The summed E-state index contributed by atoms with van der Waals surface area (Å²) >= 11 is 0. The average molecular weight is 224 g/mol. The second-order valence-corrected chi connectivity index (χ2v) is 3.10. The van der Waals surface area contributed by atoms with Crippen LogP contribution in [0.4, 0.5) is 0 Å². The molecule has 0 fully saturated rings. The van der Waals surface area contributed by atoms with Crippen molar-refractivity contribution in [2.75, 3.05) is 6.61 Å². The molecule has 0 saturated carbocycles. The Morgan fingerprint density at radius 3 is 2.38 bits per heavy atom. The molecule has 5 nitrogen and oxygen atoms in total. The van der Waals surface area contributed by atoms with Crippen molar-refractivity contribution >= 4 is 5.97 Å². The van der Waals surface area contributed by atoms with Gasteiger partial charge in [-0.15, -0.1) is 0 Å². The van der Waals surface area contributed by atoms with Crippen LogP contribution < -0.4 is 0 Å². The third-order valence-corrected chi connectivity index (χ3v) is 1.93. The Bertz CT molecular complexity index is 388.